The smallest absolute Gasteiger partial charge is 0.228 e. The summed E-state index contributed by atoms with van der Waals surface area (Å²) in [6.45, 7) is 2.64. The van der Waals surface area contributed by atoms with Crippen molar-refractivity contribution in [3.8, 4) is 17.0 Å². The van der Waals surface area contributed by atoms with Crippen LogP contribution in [0.4, 0.5) is 5.82 Å². The van der Waals surface area contributed by atoms with Gasteiger partial charge in [0.1, 0.15) is 23.3 Å². The van der Waals surface area contributed by atoms with Gasteiger partial charge in [0.05, 0.1) is 7.11 Å². The number of aromatic nitrogens is 3. The van der Waals surface area contributed by atoms with Crippen LogP contribution in [0.3, 0.4) is 0 Å². The van der Waals surface area contributed by atoms with E-state index < -0.39 is 0 Å². The Labute approximate surface area is 150 Å². The second kappa shape index (κ2) is 6.84. The predicted molar refractivity (Wildman–Crippen MR) is 100 cm³/mol. The summed E-state index contributed by atoms with van der Waals surface area (Å²) in [5, 5.41) is 7.49. The van der Waals surface area contributed by atoms with Crippen molar-refractivity contribution in [3.05, 3.63) is 66.0 Å². The maximum Gasteiger partial charge on any atom is 0.228 e. The molecule has 1 N–H and O–H groups in total. The van der Waals surface area contributed by atoms with Crippen molar-refractivity contribution in [2.45, 2.75) is 13.5 Å². The zero-order chi connectivity index (χ0) is 17.9. The van der Waals surface area contributed by atoms with E-state index in [0.29, 0.717) is 29.2 Å². The number of benzene rings is 2. The maximum absolute atomic E-state index is 5.54. The van der Waals surface area contributed by atoms with Crippen LogP contribution in [0.2, 0.25) is 0 Å². The lowest BCUT2D eigenvalue weighted by Gasteiger charge is -2.07. The molecule has 0 spiro atoms. The van der Waals surface area contributed by atoms with Crippen molar-refractivity contribution in [2.75, 3.05) is 12.4 Å². The molecule has 2 aromatic heterocycles. The molecular weight excluding hydrogens is 328 g/mol. The highest BCUT2D eigenvalue weighted by molar-refractivity contribution is 5.93. The van der Waals surface area contributed by atoms with Crippen LogP contribution < -0.4 is 10.1 Å². The van der Waals surface area contributed by atoms with Gasteiger partial charge in [0, 0.05) is 12.1 Å². The number of hydrogen-bond acceptors (Lipinski definition) is 6. The van der Waals surface area contributed by atoms with Gasteiger partial charge in [-0.1, -0.05) is 47.1 Å². The highest BCUT2D eigenvalue weighted by Crippen LogP contribution is 2.29. The molecule has 0 amide bonds. The number of aryl methyl sites for hydroxylation is 1. The number of ether oxygens (including phenoxy) is 1. The molecule has 0 saturated carbocycles. The van der Waals surface area contributed by atoms with E-state index in [1.807, 2.05) is 55.5 Å². The second-order valence-electron chi connectivity index (χ2n) is 6.00. The molecule has 0 radical (unpaired) electrons. The highest BCUT2D eigenvalue weighted by Gasteiger charge is 2.16. The predicted octanol–water partition coefficient (Wildman–Crippen LogP) is 4.21. The first-order valence-corrected chi connectivity index (χ1v) is 8.29. The van der Waals surface area contributed by atoms with E-state index in [4.69, 9.17) is 9.26 Å². The first kappa shape index (κ1) is 16.1. The zero-order valence-electron chi connectivity index (χ0n) is 14.6. The fourth-order valence-corrected chi connectivity index (χ4v) is 2.76. The fraction of sp³-hybridized carbons (Fsp3) is 0.150. The number of anilines is 1. The molecule has 2 aromatic carbocycles. The molecule has 6 heteroatoms. The van der Waals surface area contributed by atoms with Gasteiger partial charge in [-0.05, 0) is 24.6 Å². The number of hydrogen-bond donors (Lipinski definition) is 1. The van der Waals surface area contributed by atoms with Crippen LogP contribution in [0, 0.1) is 6.92 Å². The van der Waals surface area contributed by atoms with Crippen molar-refractivity contribution in [1.29, 1.82) is 0 Å². The molecular formula is C20H18N4O2. The minimum absolute atomic E-state index is 0.547. The fourth-order valence-electron chi connectivity index (χ4n) is 2.76. The van der Waals surface area contributed by atoms with Crippen LogP contribution in [-0.4, -0.2) is 22.2 Å². The molecule has 4 aromatic rings. The molecule has 0 saturated heterocycles. The second-order valence-corrected chi connectivity index (χ2v) is 6.00. The summed E-state index contributed by atoms with van der Waals surface area (Å²) in [4.78, 5) is 8.65. The summed E-state index contributed by atoms with van der Waals surface area (Å²) in [5.41, 5.74) is 5.19. The van der Waals surface area contributed by atoms with Gasteiger partial charge in [-0.15, -0.1) is 0 Å². The molecule has 0 fully saturated rings. The monoisotopic (exact) mass is 346 g/mol. The number of nitrogens with zero attached hydrogens (tertiary/aromatic N) is 3. The Hall–Kier alpha value is -3.41. The molecule has 0 bridgehead atoms. The van der Waals surface area contributed by atoms with Gasteiger partial charge in [-0.2, -0.15) is 0 Å². The Morgan fingerprint density at radius 2 is 1.92 bits per heavy atom. The third kappa shape index (κ3) is 3.09. The topological polar surface area (TPSA) is 73.1 Å². The Bertz CT molecular complexity index is 1040. The minimum Gasteiger partial charge on any atom is -0.497 e. The van der Waals surface area contributed by atoms with Crippen LogP contribution in [0.1, 0.15) is 11.1 Å². The van der Waals surface area contributed by atoms with Gasteiger partial charge in [0.25, 0.3) is 0 Å². The molecule has 0 aliphatic rings. The van der Waals surface area contributed by atoms with E-state index in [9.17, 15) is 0 Å². The highest BCUT2D eigenvalue weighted by atomic mass is 16.5. The van der Waals surface area contributed by atoms with Gasteiger partial charge in [0.15, 0.2) is 5.82 Å². The molecule has 2 heterocycles. The van der Waals surface area contributed by atoms with E-state index in [1.54, 1.807) is 7.11 Å². The normalized spacial score (nSPS) is 10.8. The van der Waals surface area contributed by atoms with Crippen LogP contribution in [0.5, 0.6) is 5.75 Å². The Balaban J connectivity index is 1.63. The number of methoxy groups -OCH3 is 1. The summed E-state index contributed by atoms with van der Waals surface area (Å²) >= 11 is 0. The zero-order valence-corrected chi connectivity index (χ0v) is 14.6. The summed E-state index contributed by atoms with van der Waals surface area (Å²) in [6, 6.07) is 16.0. The average molecular weight is 346 g/mol. The Morgan fingerprint density at radius 1 is 1.08 bits per heavy atom. The van der Waals surface area contributed by atoms with Crippen LogP contribution in [0.15, 0.2) is 59.4 Å². The minimum atomic E-state index is 0.547. The third-order valence-electron chi connectivity index (χ3n) is 4.18. The third-order valence-corrected chi connectivity index (χ3v) is 4.18. The molecule has 0 aliphatic carbocycles. The van der Waals surface area contributed by atoms with Gasteiger partial charge >= 0.3 is 0 Å². The van der Waals surface area contributed by atoms with Crippen molar-refractivity contribution >= 4 is 16.9 Å². The Morgan fingerprint density at radius 3 is 2.73 bits per heavy atom. The van der Waals surface area contributed by atoms with E-state index >= 15 is 0 Å². The van der Waals surface area contributed by atoms with E-state index in [-0.39, 0.29) is 0 Å². The van der Waals surface area contributed by atoms with Gasteiger partial charge in [-0.25, -0.2) is 9.97 Å². The molecule has 0 unspecified atom stereocenters. The molecule has 130 valence electrons. The first-order chi connectivity index (χ1) is 12.7. The average Bonchev–Trinajstić information content (AvgIpc) is 3.12. The lowest BCUT2D eigenvalue weighted by molar-refractivity contribution is 0.414. The lowest BCUT2D eigenvalue weighted by atomic mass is 10.1. The summed E-state index contributed by atoms with van der Waals surface area (Å²) in [5.74, 6) is 1.43. The maximum atomic E-state index is 5.54. The van der Waals surface area contributed by atoms with E-state index in [2.05, 4.69) is 20.4 Å². The van der Waals surface area contributed by atoms with Gasteiger partial charge in [0.2, 0.25) is 5.58 Å². The molecule has 0 aliphatic heterocycles. The summed E-state index contributed by atoms with van der Waals surface area (Å²) < 4.78 is 10.8. The standard InChI is InChI=1S/C20H18N4O2/c1-13-6-8-15(9-7-13)17-18-19(26-24-17)20(23-12-22-18)21-11-14-4-3-5-16(10-14)25-2/h3-10,12H,11H2,1-2H3,(H,21,22,23). The summed E-state index contributed by atoms with van der Waals surface area (Å²) in [6.07, 6.45) is 1.52. The lowest BCUT2D eigenvalue weighted by Crippen LogP contribution is -2.02. The van der Waals surface area contributed by atoms with Crippen molar-refractivity contribution < 1.29 is 9.26 Å². The van der Waals surface area contributed by atoms with Crippen LogP contribution >= 0.6 is 0 Å². The molecule has 26 heavy (non-hydrogen) atoms. The molecule has 4 rings (SSSR count). The first-order valence-electron chi connectivity index (χ1n) is 8.29. The van der Waals surface area contributed by atoms with Crippen molar-refractivity contribution in [2.24, 2.45) is 0 Å². The summed E-state index contributed by atoms with van der Waals surface area (Å²) in [7, 11) is 1.65. The molecule has 0 atom stereocenters. The van der Waals surface area contributed by atoms with Crippen molar-refractivity contribution in [1.82, 2.24) is 15.1 Å². The van der Waals surface area contributed by atoms with Crippen molar-refractivity contribution in [3.63, 3.8) is 0 Å². The number of fused-ring (bicyclic) bond motifs is 1. The van der Waals surface area contributed by atoms with Crippen LogP contribution in [0.25, 0.3) is 22.4 Å². The molecule has 6 nitrogen and oxygen atoms in total. The largest absolute Gasteiger partial charge is 0.497 e. The van der Waals surface area contributed by atoms with E-state index in [0.717, 1.165) is 16.9 Å². The number of nitrogens with one attached hydrogen (secondary N) is 1. The Kier molecular flexibility index (Phi) is 4.23. The SMILES string of the molecule is COc1cccc(CNc2ncnc3c(-c4ccc(C)cc4)noc23)c1. The van der Waals surface area contributed by atoms with E-state index in [1.165, 1.54) is 11.9 Å². The van der Waals surface area contributed by atoms with Gasteiger partial charge < -0.3 is 14.6 Å². The van der Waals surface area contributed by atoms with Crippen LogP contribution in [-0.2, 0) is 6.54 Å². The number of rotatable bonds is 5. The van der Waals surface area contributed by atoms with Gasteiger partial charge in [-0.3, -0.25) is 0 Å². The quantitative estimate of drug-likeness (QED) is 0.583.